The number of hydrogen-bond donors (Lipinski definition) is 2. The maximum Gasteiger partial charge on any atom is 0.335 e. The number of benzene rings is 1. The fraction of sp³-hybridized carbons (Fsp3) is 0.182. The molecule has 0 heterocycles. The van der Waals surface area contributed by atoms with Crippen LogP contribution in [0.5, 0.6) is 0 Å². The Kier molecular flexibility index (Phi) is 4.01. The van der Waals surface area contributed by atoms with Crippen LogP contribution in [0.2, 0.25) is 0 Å². The third kappa shape index (κ3) is 3.13. The number of halogens is 1. The third-order valence-electron chi connectivity index (χ3n) is 2.07. The molecule has 5 nitrogen and oxygen atoms in total. The van der Waals surface area contributed by atoms with Crippen molar-refractivity contribution in [2.24, 2.45) is 0 Å². The minimum absolute atomic E-state index is 0.0617. The van der Waals surface area contributed by atoms with Crippen LogP contribution in [-0.2, 0) is 0 Å². The summed E-state index contributed by atoms with van der Waals surface area (Å²) in [5, 5.41) is 17.6. The highest BCUT2D eigenvalue weighted by molar-refractivity contribution is 9.10. The largest absolute Gasteiger partial charge is 0.478 e. The first-order valence-electron chi connectivity index (χ1n) is 4.63. The number of rotatable bonds is 4. The molecule has 1 aromatic rings. The Morgan fingerprint density at radius 3 is 1.65 bits per heavy atom. The summed E-state index contributed by atoms with van der Waals surface area (Å²) >= 11 is 3.06. The van der Waals surface area contributed by atoms with Gasteiger partial charge in [0, 0.05) is 5.56 Å². The molecule has 90 valence electrons. The molecule has 0 radical (unpaired) electrons. The van der Waals surface area contributed by atoms with Crippen LogP contribution in [0.4, 0.5) is 0 Å². The molecule has 0 amide bonds. The number of carbonyl (C=O) groups excluding carboxylic acids is 1. The first kappa shape index (κ1) is 13.4. The van der Waals surface area contributed by atoms with E-state index in [0.29, 0.717) is 0 Å². The van der Waals surface area contributed by atoms with Crippen LogP contribution in [0, 0.1) is 0 Å². The van der Waals surface area contributed by atoms with E-state index in [1.54, 1.807) is 6.92 Å². The van der Waals surface area contributed by atoms with Crippen molar-refractivity contribution in [3.05, 3.63) is 34.9 Å². The van der Waals surface area contributed by atoms with Gasteiger partial charge in [-0.1, -0.05) is 15.9 Å². The molecule has 0 saturated carbocycles. The van der Waals surface area contributed by atoms with E-state index >= 15 is 0 Å². The molecule has 0 aliphatic rings. The maximum atomic E-state index is 11.7. The second-order valence-electron chi connectivity index (χ2n) is 3.39. The SMILES string of the molecule is CC(Br)C(=O)c1cc(C(=O)O)cc(C(=O)O)c1. The van der Waals surface area contributed by atoms with E-state index in [-0.39, 0.29) is 22.5 Å². The van der Waals surface area contributed by atoms with Crippen molar-refractivity contribution in [2.45, 2.75) is 11.8 Å². The number of aromatic carboxylic acids is 2. The summed E-state index contributed by atoms with van der Waals surface area (Å²) in [7, 11) is 0. The topological polar surface area (TPSA) is 91.7 Å². The monoisotopic (exact) mass is 300 g/mol. The van der Waals surface area contributed by atoms with Crippen molar-refractivity contribution in [1.29, 1.82) is 0 Å². The van der Waals surface area contributed by atoms with Crippen molar-refractivity contribution in [2.75, 3.05) is 0 Å². The maximum absolute atomic E-state index is 11.7. The minimum Gasteiger partial charge on any atom is -0.478 e. The number of carboxylic acid groups (broad SMARTS) is 2. The van der Waals surface area contributed by atoms with Gasteiger partial charge in [0.25, 0.3) is 0 Å². The molecule has 0 aliphatic heterocycles. The predicted molar refractivity (Wildman–Crippen MR) is 63.1 cm³/mol. The lowest BCUT2D eigenvalue weighted by molar-refractivity contribution is 0.0696. The molecule has 0 aromatic heterocycles. The highest BCUT2D eigenvalue weighted by atomic mass is 79.9. The predicted octanol–water partition coefficient (Wildman–Crippen LogP) is 2.05. The van der Waals surface area contributed by atoms with E-state index < -0.39 is 16.8 Å². The average Bonchev–Trinajstić information content (AvgIpc) is 2.27. The van der Waals surface area contributed by atoms with Gasteiger partial charge in [-0.2, -0.15) is 0 Å². The zero-order chi connectivity index (χ0) is 13.2. The van der Waals surface area contributed by atoms with Crippen LogP contribution in [0.3, 0.4) is 0 Å². The number of Topliss-reactive ketones (excluding diaryl/α,β-unsaturated/α-hetero) is 1. The van der Waals surface area contributed by atoms with Crippen molar-refractivity contribution in [3.8, 4) is 0 Å². The molecule has 0 fully saturated rings. The summed E-state index contributed by atoms with van der Waals surface area (Å²) in [4.78, 5) is 32.8. The molecule has 0 saturated heterocycles. The first-order chi connectivity index (χ1) is 7.82. The minimum atomic E-state index is -1.27. The summed E-state index contributed by atoms with van der Waals surface area (Å²) < 4.78 is 0. The second-order valence-corrected chi connectivity index (χ2v) is 4.76. The van der Waals surface area contributed by atoms with Gasteiger partial charge in [-0.05, 0) is 25.1 Å². The fourth-order valence-electron chi connectivity index (χ4n) is 1.25. The van der Waals surface area contributed by atoms with Crippen LogP contribution in [0.15, 0.2) is 18.2 Å². The van der Waals surface area contributed by atoms with Gasteiger partial charge in [-0.15, -0.1) is 0 Å². The van der Waals surface area contributed by atoms with E-state index in [2.05, 4.69) is 15.9 Å². The van der Waals surface area contributed by atoms with Gasteiger partial charge in [-0.3, -0.25) is 4.79 Å². The van der Waals surface area contributed by atoms with Crippen LogP contribution < -0.4 is 0 Å². The summed E-state index contributed by atoms with van der Waals surface area (Å²) in [5.74, 6) is -2.91. The first-order valence-corrected chi connectivity index (χ1v) is 5.54. The van der Waals surface area contributed by atoms with E-state index in [4.69, 9.17) is 10.2 Å². The van der Waals surface area contributed by atoms with E-state index in [0.717, 1.165) is 18.2 Å². The Labute approximate surface area is 105 Å². The smallest absolute Gasteiger partial charge is 0.335 e. The lowest BCUT2D eigenvalue weighted by Gasteiger charge is -2.06. The summed E-state index contributed by atoms with van der Waals surface area (Å²) in [5.41, 5.74) is -0.380. The molecular weight excluding hydrogens is 292 g/mol. The van der Waals surface area contributed by atoms with E-state index in [1.807, 2.05) is 0 Å². The molecule has 1 unspecified atom stereocenters. The normalized spacial score (nSPS) is 11.9. The van der Waals surface area contributed by atoms with E-state index in [9.17, 15) is 14.4 Å². The highest BCUT2D eigenvalue weighted by Crippen LogP contribution is 2.15. The summed E-state index contributed by atoms with van der Waals surface area (Å²) in [6, 6.07) is 3.34. The van der Waals surface area contributed by atoms with Crippen molar-refractivity contribution in [1.82, 2.24) is 0 Å². The van der Waals surface area contributed by atoms with Crippen molar-refractivity contribution >= 4 is 33.7 Å². The zero-order valence-corrected chi connectivity index (χ0v) is 10.4. The van der Waals surface area contributed by atoms with Gasteiger partial charge >= 0.3 is 11.9 Å². The molecule has 6 heteroatoms. The number of hydrogen-bond acceptors (Lipinski definition) is 3. The number of alkyl halides is 1. The van der Waals surface area contributed by atoms with Crippen LogP contribution in [-0.4, -0.2) is 32.8 Å². The molecule has 2 N–H and O–H groups in total. The Bertz CT molecular complexity index is 460. The van der Waals surface area contributed by atoms with Gasteiger partial charge in [0.1, 0.15) is 0 Å². The molecule has 0 bridgehead atoms. The Balaban J connectivity index is 3.36. The molecule has 0 spiro atoms. The lowest BCUT2D eigenvalue weighted by Crippen LogP contribution is -2.13. The van der Waals surface area contributed by atoms with Gasteiger partial charge in [0.15, 0.2) is 5.78 Å². The molecular formula is C11H9BrO5. The number of carbonyl (C=O) groups is 3. The van der Waals surface area contributed by atoms with Crippen LogP contribution in [0.25, 0.3) is 0 Å². The van der Waals surface area contributed by atoms with Crippen molar-refractivity contribution < 1.29 is 24.6 Å². The Hall–Kier alpha value is -1.69. The van der Waals surface area contributed by atoms with Gasteiger partial charge < -0.3 is 10.2 Å². The molecule has 0 aliphatic carbocycles. The number of ketones is 1. The van der Waals surface area contributed by atoms with Gasteiger partial charge in [0.05, 0.1) is 16.0 Å². The second kappa shape index (κ2) is 5.09. The van der Waals surface area contributed by atoms with E-state index in [1.165, 1.54) is 0 Å². The zero-order valence-electron chi connectivity index (χ0n) is 8.81. The molecule has 1 atom stereocenters. The van der Waals surface area contributed by atoms with Gasteiger partial charge in [0.2, 0.25) is 0 Å². The van der Waals surface area contributed by atoms with Gasteiger partial charge in [-0.25, -0.2) is 9.59 Å². The quantitative estimate of drug-likeness (QED) is 0.656. The third-order valence-corrected chi connectivity index (χ3v) is 2.49. The number of carboxylic acids is 2. The average molecular weight is 301 g/mol. The molecule has 1 rings (SSSR count). The van der Waals surface area contributed by atoms with Crippen molar-refractivity contribution in [3.63, 3.8) is 0 Å². The summed E-state index contributed by atoms with van der Waals surface area (Å²) in [6.07, 6.45) is 0. The Morgan fingerprint density at radius 2 is 1.35 bits per heavy atom. The molecule has 1 aromatic carbocycles. The fourth-order valence-corrected chi connectivity index (χ4v) is 1.51. The van der Waals surface area contributed by atoms with Crippen LogP contribution >= 0.6 is 15.9 Å². The summed E-state index contributed by atoms with van der Waals surface area (Å²) in [6.45, 7) is 1.58. The highest BCUT2D eigenvalue weighted by Gasteiger charge is 2.17. The standard InChI is InChI=1S/C11H9BrO5/c1-5(12)9(13)6-2-7(10(14)15)4-8(3-6)11(16)17/h2-5H,1H3,(H,14,15)(H,16,17). The lowest BCUT2D eigenvalue weighted by atomic mass is 10.0. The Morgan fingerprint density at radius 1 is 1.00 bits per heavy atom. The molecule has 17 heavy (non-hydrogen) atoms. The van der Waals surface area contributed by atoms with Crippen LogP contribution in [0.1, 0.15) is 38.0 Å².